The first-order valence-corrected chi connectivity index (χ1v) is 12.0. The first-order valence-electron chi connectivity index (χ1n) is 10.9. The topological polar surface area (TPSA) is 24.9 Å². The van der Waals surface area contributed by atoms with E-state index in [-0.39, 0.29) is 0 Å². The molecule has 33 heavy (non-hydrogen) atoms. The largest absolute Gasteiger partial charge is 0.497 e. The van der Waals surface area contributed by atoms with Crippen molar-refractivity contribution in [3.05, 3.63) is 95.0 Å². The van der Waals surface area contributed by atoms with Crippen LogP contribution in [0.25, 0.3) is 6.08 Å². The summed E-state index contributed by atoms with van der Waals surface area (Å²) < 4.78 is 13.0. The molecule has 0 heterocycles. The summed E-state index contributed by atoms with van der Waals surface area (Å²) in [6.45, 7) is 3.12. The first-order chi connectivity index (χ1) is 16.1. The average Bonchev–Trinajstić information content (AvgIpc) is 2.84. The monoisotopic (exact) mass is 482 g/mol. The Balaban J connectivity index is 1.69. The van der Waals surface area contributed by atoms with E-state index < -0.39 is 0 Å². The third-order valence-corrected chi connectivity index (χ3v) is 6.41. The summed E-state index contributed by atoms with van der Waals surface area (Å²) in [5.41, 5.74) is 3.62. The number of benzene rings is 3. The summed E-state index contributed by atoms with van der Waals surface area (Å²) >= 11 is 7.68. The second-order valence-electron chi connectivity index (χ2n) is 7.64. The zero-order chi connectivity index (χ0) is 23.5. The van der Waals surface area contributed by atoms with Crippen LogP contribution in [0.15, 0.2) is 83.8 Å². The Bertz CT molecular complexity index is 1010. The Hall–Kier alpha value is -2.44. The van der Waals surface area contributed by atoms with Crippen molar-refractivity contribution in [1.82, 2.24) is 4.90 Å². The van der Waals surface area contributed by atoms with Crippen molar-refractivity contribution in [3.63, 3.8) is 0 Å². The summed E-state index contributed by atoms with van der Waals surface area (Å²) in [7, 11) is 5.56. The predicted octanol–water partition coefficient (Wildman–Crippen LogP) is 6.65. The molecular formula is C27H31ClN2O2S. The van der Waals surface area contributed by atoms with Gasteiger partial charge in [0.1, 0.15) is 5.75 Å². The molecule has 0 unspecified atom stereocenters. The van der Waals surface area contributed by atoms with Gasteiger partial charge in [-0.2, -0.15) is 0 Å². The molecule has 0 saturated carbocycles. The Kier molecular flexibility index (Phi) is 10.2. The molecule has 0 aliphatic heterocycles. The van der Waals surface area contributed by atoms with Crippen LogP contribution in [0.3, 0.4) is 0 Å². The van der Waals surface area contributed by atoms with Crippen molar-refractivity contribution in [2.75, 3.05) is 45.3 Å². The maximum atomic E-state index is 5.97. The van der Waals surface area contributed by atoms with Gasteiger partial charge in [0.05, 0.1) is 25.9 Å². The second kappa shape index (κ2) is 13.3. The number of hydrogen-bond donors (Lipinski definition) is 0. The standard InChI is InChI=1S/C27H31ClN2O2S/c1-29(18-6-7-22-10-12-24(28)13-11-22)21-23-8-4-5-9-27(23)30(19-20-31-2)33-26-16-14-25(32-3)15-17-26/h4-17H,18-21H2,1-3H3/b7-6+. The van der Waals surface area contributed by atoms with Gasteiger partial charge in [-0.1, -0.05) is 54.1 Å². The molecular weight excluding hydrogens is 452 g/mol. The summed E-state index contributed by atoms with van der Waals surface area (Å²) in [6, 6.07) is 24.6. The normalized spacial score (nSPS) is 11.3. The Morgan fingerprint density at radius 3 is 2.36 bits per heavy atom. The molecule has 174 valence electrons. The van der Waals surface area contributed by atoms with Crippen molar-refractivity contribution >= 4 is 35.3 Å². The van der Waals surface area contributed by atoms with Crippen LogP contribution >= 0.6 is 23.5 Å². The minimum absolute atomic E-state index is 0.650. The van der Waals surface area contributed by atoms with Gasteiger partial charge >= 0.3 is 0 Å². The zero-order valence-electron chi connectivity index (χ0n) is 19.4. The molecule has 3 aromatic carbocycles. The minimum Gasteiger partial charge on any atom is -0.497 e. The minimum atomic E-state index is 0.650. The van der Waals surface area contributed by atoms with Gasteiger partial charge in [0.25, 0.3) is 0 Å². The van der Waals surface area contributed by atoms with Gasteiger partial charge in [0.2, 0.25) is 0 Å². The lowest BCUT2D eigenvalue weighted by atomic mass is 10.1. The van der Waals surface area contributed by atoms with E-state index in [1.807, 2.05) is 36.4 Å². The van der Waals surface area contributed by atoms with Gasteiger partial charge in [-0.25, -0.2) is 0 Å². The van der Waals surface area contributed by atoms with Crippen LogP contribution in [-0.2, 0) is 11.3 Å². The van der Waals surface area contributed by atoms with E-state index in [0.29, 0.717) is 6.61 Å². The van der Waals surface area contributed by atoms with Crippen LogP contribution in [-0.4, -0.2) is 45.9 Å². The number of para-hydroxylation sites is 1. The number of likely N-dealkylation sites (N-methyl/N-ethyl adjacent to an activating group) is 1. The third-order valence-electron chi connectivity index (χ3n) is 5.07. The van der Waals surface area contributed by atoms with E-state index in [2.05, 4.69) is 64.8 Å². The molecule has 0 aromatic heterocycles. The predicted molar refractivity (Wildman–Crippen MR) is 141 cm³/mol. The van der Waals surface area contributed by atoms with Gasteiger partial charge < -0.3 is 13.8 Å². The Morgan fingerprint density at radius 2 is 1.67 bits per heavy atom. The van der Waals surface area contributed by atoms with Crippen LogP contribution in [0.1, 0.15) is 11.1 Å². The van der Waals surface area contributed by atoms with Gasteiger partial charge in [-0.05, 0) is 72.6 Å². The van der Waals surface area contributed by atoms with Crippen molar-refractivity contribution in [2.24, 2.45) is 0 Å². The van der Waals surface area contributed by atoms with Crippen LogP contribution in [0.4, 0.5) is 5.69 Å². The van der Waals surface area contributed by atoms with Crippen LogP contribution in [0.2, 0.25) is 5.02 Å². The highest BCUT2D eigenvalue weighted by Crippen LogP contribution is 2.32. The smallest absolute Gasteiger partial charge is 0.118 e. The number of halogens is 1. The lowest BCUT2D eigenvalue weighted by Crippen LogP contribution is -2.23. The molecule has 0 amide bonds. The number of anilines is 1. The molecule has 0 aliphatic rings. The fourth-order valence-electron chi connectivity index (χ4n) is 3.34. The van der Waals surface area contributed by atoms with Gasteiger partial charge in [0.15, 0.2) is 0 Å². The lowest BCUT2D eigenvalue weighted by molar-refractivity contribution is 0.208. The molecule has 0 fully saturated rings. The number of ether oxygens (including phenoxy) is 2. The van der Waals surface area contributed by atoms with E-state index in [1.165, 1.54) is 11.3 Å². The van der Waals surface area contributed by atoms with Crippen LogP contribution in [0, 0.1) is 0 Å². The summed E-state index contributed by atoms with van der Waals surface area (Å²) in [5, 5.41) is 0.756. The molecule has 0 spiro atoms. The molecule has 0 N–H and O–H groups in total. The zero-order valence-corrected chi connectivity index (χ0v) is 21.0. The fraction of sp³-hybridized carbons (Fsp3) is 0.259. The maximum absolute atomic E-state index is 5.97. The average molecular weight is 483 g/mol. The van der Waals surface area contributed by atoms with Crippen molar-refractivity contribution in [2.45, 2.75) is 11.4 Å². The van der Waals surface area contributed by atoms with E-state index in [0.717, 1.165) is 40.9 Å². The molecule has 0 aliphatic carbocycles. The first kappa shape index (κ1) is 25.2. The van der Waals surface area contributed by atoms with E-state index in [4.69, 9.17) is 21.1 Å². The molecule has 0 saturated heterocycles. The summed E-state index contributed by atoms with van der Waals surface area (Å²) in [4.78, 5) is 3.46. The summed E-state index contributed by atoms with van der Waals surface area (Å²) in [5.74, 6) is 0.858. The molecule has 0 atom stereocenters. The molecule has 3 aromatic rings. The Morgan fingerprint density at radius 1 is 0.939 bits per heavy atom. The van der Waals surface area contributed by atoms with E-state index in [1.54, 1.807) is 26.2 Å². The molecule has 0 bridgehead atoms. The molecule has 3 rings (SSSR count). The molecule has 4 nitrogen and oxygen atoms in total. The van der Waals surface area contributed by atoms with E-state index in [9.17, 15) is 0 Å². The highest BCUT2D eigenvalue weighted by molar-refractivity contribution is 8.00. The maximum Gasteiger partial charge on any atom is 0.118 e. The number of methoxy groups -OCH3 is 2. The van der Waals surface area contributed by atoms with Crippen LogP contribution in [0.5, 0.6) is 5.75 Å². The lowest BCUT2D eigenvalue weighted by Gasteiger charge is -2.27. The molecule has 0 radical (unpaired) electrons. The quantitative estimate of drug-likeness (QED) is 0.269. The highest BCUT2D eigenvalue weighted by Gasteiger charge is 2.14. The summed E-state index contributed by atoms with van der Waals surface area (Å²) in [6.07, 6.45) is 4.31. The Labute approximate surface area is 206 Å². The van der Waals surface area contributed by atoms with Crippen molar-refractivity contribution in [1.29, 1.82) is 0 Å². The third kappa shape index (κ3) is 8.13. The SMILES string of the molecule is COCCN(Sc1ccc(OC)cc1)c1ccccc1CN(C)C/C=C/c1ccc(Cl)cc1. The number of nitrogens with zero attached hydrogens (tertiary/aromatic N) is 2. The van der Waals surface area contributed by atoms with Gasteiger partial charge in [-0.3, -0.25) is 4.90 Å². The van der Waals surface area contributed by atoms with Gasteiger partial charge in [-0.15, -0.1) is 0 Å². The van der Waals surface area contributed by atoms with Crippen LogP contribution < -0.4 is 9.04 Å². The molecule has 6 heteroatoms. The van der Waals surface area contributed by atoms with Crippen molar-refractivity contribution in [3.8, 4) is 5.75 Å². The van der Waals surface area contributed by atoms with E-state index >= 15 is 0 Å². The van der Waals surface area contributed by atoms with Gasteiger partial charge in [0, 0.05) is 30.1 Å². The highest BCUT2D eigenvalue weighted by atomic mass is 35.5. The van der Waals surface area contributed by atoms with Crippen molar-refractivity contribution < 1.29 is 9.47 Å². The second-order valence-corrected chi connectivity index (χ2v) is 9.17. The fourth-order valence-corrected chi connectivity index (χ4v) is 4.42. The number of rotatable bonds is 12. The number of hydrogen-bond acceptors (Lipinski definition) is 5.